The van der Waals surface area contributed by atoms with Crippen molar-refractivity contribution in [1.29, 1.82) is 0 Å². The molecule has 1 unspecified atom stereocenters. The Labute approximate surface area is 106 Å². The summed E-state index contributed by atoms with van der Waals surface area (Å²) in [6.45, 7) is 2.80. The minimum Gasteiger partial charge on any atom is -0.310 e. The van der Waals surface area contributed by atoms with Crippen LogP contribution in [0.4, 0.5) is 4.39 Å². The van der Waals surface area contributed by atoms with Crippen molar-refractivity contribution in [3.05, 3.63) is 34.6 Å². The Bertz CT molecular complexity index is 331. The molecule has 1 nitrogen and oxygen atoms in total. The van der Waals surface area contributed by atoms with Crippen LogP contribution in [0.3, 0.4) is 0 Å². The summed E-state index contributed by atoms with van der Waals surface area (Å²) in [4.78, 5) is 0. The molecule has 1 rings (SSSR count). The lowest BCUT2D eigenvalue weighted by molar-refractivity contribution is 0.486. The maximum Gasteiger partial charge on any atom is 0.141 e. The first kappa shape index (κ1) is 13.8. The molecule has 0 fully saturated rings. The zero-order valence-electron chi connectivity index (χ0n) is 9.27. The van der Waals surface area contributed by atoms with E-state index in [9.17, 15) is 4.39 Å². The second-order valence-corrected chi connectivity index (χ2v) is 4.50. The predicted octanol–water partition coefficient (Wildman–Crippen LogP) is 3.98. The zero-order valence-corrected chi connectivity index (χ0v) is 10.8. The predicted molar refractivity (Wildman–Crippen MR) is 67.7 cm³/mol. The number of hydrogen-bond donors (Lipinski definition) is 1. The summed E-state index contributed by atoms with van der Waals surface area (Å²) in [6, 6.07) is 5.18. The monoisotopic (exact) mass is 263 g/mol. The SMILES string of the molecule is CCC(CCCl)NCc1ccc(F)c(Cl)c1. The van der Waals surface area contributed by atoms with Crippen molar-refractivity contribution in [2.45, 2.75) is 32.4 Å². The Morgan fingerprint density at radius 3 is 2.75 bits per heavy atom. The number of rotatable bonds is 6. The summed E-state index contributed by atoms with van der Waals surface area (Å²) in [5, 5.41) is 3.54. The molecule has 0 aliphatic rings. The Morgan fingerprint density at radius 1 is 1.44 bits per heavy atom. The van der Waals surface area contributed by atoms with E-state index < -0.39 is 0 Å². The third kappa shape index (κ3) is 4.28. The fourth-order valence-corrected chi connectivity index (χ4v) is 1.96. The average molecular weight is 264 g/mol. The molecule has 1 atom stereocenters. The molecule has 0 saturated heterocycles. The second-order valence-electron chi connectivity index (χ2n) is 3.71. The van der Waals surface area contributed by atoms with E-state index in [0.717, 1.165) is 18.4 Å². The average Bonchev–Trinajstić information content (AvgIpc) is 2.28. The first-order chi connectivity index (χ1) is 7.67. The van der Waals surface area contributed by atoms with Gasteiger partial charge in [-0.25, -0.2) is 4.39 Å². The maximum absolute atomic E-state index is 12.9. The van der Waals surface area contributed by atoms with Crippen LogP contribution in [0.2, 0.25) is 5.02 Å². The molecule has 0 aromatic heterocycles. The summed E-state index contributed by atoms with van der Waals surface area (Å²) < 4.78 is 12.9. The molecule has 0 spiro atoms. The van der Waals surface area contributed by atoms with Gasteiger partial charge in [-0.15, -0.1) is 11.6 Å². The van der Waals surface area contributed by atoms with Crippen molar-refractivity contribution < 1.29 is 4.39 Å². The highest BCUT2D eigenvalue weighted by Gasteiger charge is 2.05. The van der Waals surface area contributed by atoms with Gasteiger partial charge in [0.05, 0.1) is 5.02 Å². The van der Waals surface area contributed by atoms with Crippen LogP contribution in [0.1, 0.15) is 25.3 Å². The van der Waals surface area contributed by atoms with Crippen LogP contribution < -0.4 is 5.32 Å². The smallest absolute Gasteiger partial charge is 0.141 e. The van der Waals surface area contributed by atoms with Gasteiger partial charge in [-0.3, -0.25) is 0 Å². The molecule has 90 valence electrons. The summed E-state index contributed by atoms with van der Waals surface area (Å²) in [5.74, 6) is 0.272. The van der Waals surface area contributed by atoms with E-state index in [0.29, 0.717) is 18.5 Å². The third-order valence-corrected chi connectivity index (χ3v) is 3.04. The van der Waals surface area contributed by atoms with Crippen LogP contribution in [0.15, 0.2) is 18.2 Å². The number of alkyl halides is 1. The first-order valence-corrected chi connectivity index (χ1v) is 6.32. The Morgan fingerprint density at radius 2 is 2.19 bits per heavy atom. The van der Waals surface area contributed by atoms with E-state index in [1.807, 2.05) is 0 Å². The summed E-state index contributed by atoms with van der Waals surface area (Å²) in [5.41, 5.74) is 0.986. The number of nitrogens with one attached hydrogen (secondary N) is 1. The van der Waals surface area contributed by atoms with E-state index in [2.05, 4.69) is 12.2 Å². The van der Waals surface area contributed by atoms with Crippen LogP contribution >= 0.6 is 23.2 Å². The molecule has 1 aromatic carbocycles. The van der Waals surface area contributed by atoms with Gasteiger partial charge < -0.3 is 5.32 Å². The molecule has 0 aliphatic heterocycles. The lowest BCUT2D eigenvalue weighted by atomic mass is 10.1. The molecule has 0 amide bonds. The lowest BCUT2D eigenvalue weighted by Crippen LogP contribution is -2.28. The van der Waals surface area contributed by atoms with Crippen LogP contribution in [0.5, 0.6) is 0 Å². The molecular weight excluding hydrogens is 248 g/mol. The summed E-state index contributed by atoms with van der Waals surface area (Å²) in [7, 11) is 0. The van der Waals surface area contributed by atoms with Crippen LogP contribution in [-0.4, -0.2) is 11.9 Å². The lowest BCUT2D eigenvalue weighted by Gasteiger charge is -2.15. The Kier molecular flexibility index (Phi) is 6.10. The molecule has 0 radical (unpaired) electrons. The second kappa shape index (κ2) is 7.10. The van der Waals surface area contributed by atoms with Gasteiger partial charge in [0, 0.05) is 18.5 Å². The van der Waals surface area contributed by atoms with Crippen LogP contribution in [0.25, 0.3) is 0 Å². The zero-order chi connectivity index (χ0) is 12.0. The topological polar surface area (TPSA) is 12.0 Å². The minimum absolute atomic E-state index is 0.171. The standard InChI is InChI=1S/C12H16Cl2FN/c1-2-10(5-6-13)16-8-9-3-4-12(15)11(14)7-9/h3-4,7,10,16H,2,5-6,8H2,1H3. The molecule has 0 aliphatic carbocycles. The van der Waals surface area contributed by atoms with Crippen molar-refractivity contribution in [2.24, 2.45) is 0 Å². The van der Waals surface area contributed by atoms with Crippen molar-refractivity contribution in [3.63, 3.8) is 0 Å². The van der Waals surface area contributed by atoms with E-state index in [4.69, 9.17) is 23.2 Å². The molecular formula is C12H16Cl2FN. The minimum atomic E-state index is -0.377. The summed E-state index contributed by atoms with van der Waals surface area (Å²) >= 11 is 11.4. The number of halogens is 3. The van der Waals surface area contributed by atoms with E-state index in [1.165, 1.54) is 6.07 Å². The molecule has 0 bridgehead atoms. The number of hydrogen-bond acceptors (Lipinski definition) is 1. The van der Waals surface area contributed by atoms with Gasteiger partial charge >= 0.3 is 0 Å². The fraction of sp³-hybridized carbons (Fsp3) is 0.500. The van der Waals surface area contributed by atoms with Gasteiger partial charge in [0.15, 0.2) is 0 Å². The molecule has 0 heterocycles. The fourth-order valence-electron chi connectivity index (χ4n) is 1.49. The quantitative estimate of drug-likeness (QED) is 0.766. The van der Waals surface area contributed by atoms with Crippen LogP contribution in [-0.2, 0) is 6.54 Å². The van der Waals surface area contributed by atoms with Gasteiger partial charge in [0.25, 0.3) is 0 Å². The molecule has 1 N–H and O–H groups in total. The van der Waals surface area contributed by atoms with Gasteiger partial charge in [-0.2, -0.15) is 0 Å². The van der Waals surface area contributed by atoms with E-state index >= 15 is 0 Å². The highest BCUT2D eigenvalue weighted by molar-refractivity contribution is 6.30. The first-order valence-electron chi connectivity index (χ1n) is 5.40. The molecule has 16 heavy (non-hydrogen) atoms. The van der Waals surface area contributed by atoms with Crippen molar-refractivity contribution in [2.75, 3.05) is 5.88 Å². The van der Waals surface area contributed by atoms with Gasteiger partial charge in [0.1, 0.15) is 5.82 Å². The van der Waals surface area contributed by atoms with Crippen molar-refractivity contribution in [1.82, 2.24) is 5.32 Å². The normalized spacial score (nSPS) is 12.8. The third-order valence-electron chi connectivity index (χ3n) is 2.53. The largest absolute Gasteiger partial charge is 0.310 e. The Balaban J connectivity index is 2.50. The summed E-state index contributed by atoms with van der Waals surface area (Å²) in [6.07, 6.45) is 1.97. The van der Waals surface area contributed by atoms with Gasteiger partial charge in [0.2, 0.25) is 0 Å². The van der Waals surface area contributed by atoms with Crippen molar-refractivity contribution >= 4 is 23.2 Å². The molecule has 1 aromatic rings. The highest BCUT2D eigenvalue weighted by Crippen LogP contribution is 2.16. The van der Waals surface area contributed by atoms with E-state index in [1.54, 1.807) is 12.1 Å². The van der Waals surface area contributed by atoms with Gasteiger partial charge in [-0.1, -0.05) is 24.6 Å². The molecule has 4 heteroatoms. The van der Waals surface area contributed by atoms with Gasteiger partial charge in [-0.05, 0) is 30.5 Å². The van der Waals surface area contributed by atoms with Crippen molar-refractivity contribution in [3.8, 4) is 0 Å². The maximum atomic E-state index is 12.9. The van der Waals surface area contributed by atoms with Crippen LogP contribution in [0, 0.1) is 5.82 Å². The Hall–Kier alpha value is -0.310. The van der Waals surface area contributed by atoms with E-state index in [-0.39, 0.29) is 10.8 Å². The number of benzene rings is 1. The highest BCUT2D eigenvalue weighted by atomic mass is 35.5. The molecule has 0 saturated carbocycles.